The molecule has 0 saturated carbocycles. The van der Waals surface area contributed by atoms with Crippen LogP contribution in [0.4, 0.5) is 0 Å². The fraction of sp³-hybridized carbons (Fsp3) is 0.296. The van der Waals surface area contributed by atoms with Crippen molar-refractivity contribution < 1.29 is 8.42 Å². The van der Waals surface area contributed by atoms with Crippen LogP contribution in [0.3, 0.4) is 0 Å². The van der Waals surface area contributed by atoms with Gasteiger partial charge < -0.3 is 4.98 Å². The summed E-state index contributed by atoms with van der Waals surface area (Å²) in [5.74, 6) is 0.857. The van der Waals surface area contributed by atoms with Crippen LogP contribution in [-0.2, 0) is 16.6 Å². The van der Waals surface area contributed by atoms with Gasteiger partial charge in [0.15, 0.2) is 0 Å². The first-order valence-electron chi connectivity index (χ1n) is 11.9. The molecule has 1 saturated heterocycles. The normalized spacial score (nSPS) is 15.9. The standard InChI is InChI=1S/C27H31N5O2S/c1-30(2)35(33,34)23-13-14-24-25(19-23)29-26(28-24)20-31-15-17-32(18-16-31)27(21-9-5-3-6-10-21)22-11-7-4-8-12-22/h3-14,19,27H,15-18,20H2,1-2H3,(H,28,29). The summed E-state index contributed by atoms with van der Waals surface area (Å²) in [6.07, 6.45) is 0. The van der Waals surface area contributed by atoms with Crippen molar-refractivity contribution in [1.29, 1.82) is 0 Å². The van der Waals surface area contributed by atoms with E-state index < -0.39 is 10.0 Å². The Kier molecular flexibility index (Phi) is 6.71. The monoisotopic (exact) mass is 489 g/mol. The second kappa shape index (κ2) is 9.91. The predicted molar refractivity (Wildman–Crippen MR) is 139 cm³/mol. The third-order valence-corrected chi connectivity index (χ3v) is 8.47. The van der Waals surface area contributed by atoms with Crippen LogP contribution in [0.25, 0.3) is 11.0 Å². The van der Waals surface area contributed by atoms with Gasteiger partial charge in [0.05, 0.1) is 28.5 Å². The number of rotatable bonds is 7. The topological polar surface area (TPSA) is 72.5 Å². The molecule has 0 unspecified atom stereocenters. The van der Waals surface area contributed by atoms with E-state index in [0.717, 1.165) is 43.0 Å². The van der Waals surface area contributed by atoms with Gasteiger partial charge in [0.25, 0.3) is 0 Å². The molecule has 0 radical (unpaired) electrons. The van der Waals surface area contributed by atoms with Crippen LogP contribution in [0.15, 0.2) is 83.8 Å². The molecule has 2 heterocycles. The van der Waals surface area contributed by atoms with Crippen LogP contribution in [0.5, 0.6) is 0 Å². The van der Waals surface area contributed by atoms with Gasteiger partial charge in [-0.2, -0.15) is 0 Å². The molecule has 8 heteroatoms. The molecule has 1 aromatic heterocycles. The number of hydrogen-bond acceptors (Lipinski definition) is 5. The van der Waals surface area contributed by atoms with E-state index in [1.165, 1.54) is 29.5 Å². The molecule has 3 aromatic carbocycles. The van der Waals surface area contributed by atoms with Gasteiger partial charge >= 0.3 is 0 Å². The van der Waals surface area contributed by atoms with Crippen molar-refractivity contribution in [2.75, 3.05) is 40.3 Å². The number of piperazine rings is 1. The Morgan fingerprint density at radius 1 is 0.886 bits per heavy atom. The van der Waals surface area contributed by atoms with Gasteiger partial charge in [0.2, 0.25) is 10.0 Å². The van der Waals surface area contributed by atoms with Crippen LogP contribution in [0.2, 0.25) is 0 Å². The van der Waals surface area contributed by atoms with Gasteiger partial charge in [0.1, 0.15) is 5.82 Å². The number of aromatic nitrogens is 2. The molecule has 7 nitrogen and oxygen atoms in total. The van der Waals surface area contributed by atoms with E-state index in [-0.39, 0.29) is 10.9 Å². The molecule has 0 bridgehead atoms. The zero-order chi connectivity index (χ0) is 24.4. The second-order valence-corrected chi connectivity index (χ2v) is 11.3. The summed E-state index contributed by atoms with van der Waals surface area (Å²) in [5.41, 5.74) is 4.15. The number of H-pyrrole nitrogens is 1. The molecule has 0 atom stereocenters. The Hall–Kier alpha value is -3.04. The van der Waals surface area contributed by atoms with Gasteiger partial charge in [-0.1, -0.05) is 60.7 Å². The van der Waals surface area contributed by atoms with Crippen molar-refractivity contribution in [3.05, 3.63) is 95.8 Å². The highest BCUT2D eigenvalue weighted by molar-refractivity contribution is 7.89. The number of nitrogens with zero attached hydrogens (tertiary/aromatic N) is 4. The lowest BCUT2D eigenvalue weighted by molar-refractivity contribution is 0.103. The molecule has 4 aromatic rings. The lowest BCUT2D eigenvalue weighted by Crippen LogP contribution is -2.47. The predicted octanol–water partition coefficient (Wildman–Crippen LogP) is 3.72. The lowest BCUT2D eigenvalue weighted by atomic mass is 9.96. The van der Waals surface area contributed by atoms with E-state index in [4.69, 9.17) is 4.98 Å². The van der Waals surface area contributed by atoms with E-state index in [1.54, 1.807) is 18.2 Å². The summed E-state index contributed by atoms with van der Waals surface area (Å²) >= 11 is 0. The maximum Gasteiger partial charge on any atom is 0.242 e. The minimum atomic E-state index is -3.48. The van der Waals surface area contributed by atoms with Crippen molar-refractivity contribution in [2.45, 2.75) is 17.5 Å². The van der Waals surface area contributed by atoms with Gasteiger partial charge in [-0.05, 0) is 29.3 Å². The fourth-order valence-corrected chi connectivity index (χ4v) is 5.69. The van der Waals surface area contributed by atoms with Crippen LogP contribution >= 0.6 is 0 Å². The van der Waals surface area contributed by atoms with Crippen LogP contribution in [-0.4, -0.2) is 72.8 Å². The molecule has 0 spiro atoms. The summed E-state index contributed by atoms with van der Waals surface area (Å²) in [6.45, 7) is 4.50. The number of aromatic amines is 1. The minimum absolute atomic E-state index is 0.239. The third kappa shape index (κ3) is 5.01. The third-order valence-electron chi connectivity index (χ3n) is 6.66. The summed E-state index contributed by atoms with van der Waals surface area (Å²) in [4.78, 5) is 13.3. The van der Waals surface area contributed by atoms with Crippen molar-refractivity contribution >= 4 is 21.1 Å². The Morgan fingerprint density at radius 2 is 1.49 bits per heavy atom. The zero-order valence-electron chi connectivity index (χ0n) is 20.1. The maximum absolute atomic E-state index is 12.5. The fourth-order valence-electron chi connectivity index (χ4n) is 4.76. The first-order chi connectivity index (χ1) is 16.9. The molecule has 1 N–H and O–H groups in total. The highest BCUT2D eigenvalue weighted by atomic mass is 32.2. The Labute approximate surface area is 207 Å². The molecule has 35 heavy (non-hydrogen) atoms. The van der Waals surface area contributed by atoms with E-state index in [9.17, 15) is 8.42 Å². The van der Waals surface area contributed by atoms with Gasteiger partial charge in [0, 0.05) is 40.3 Å². The van der Waals surface area contributed by atoms with Crippen molar-refractivity contribution in [3.63, 3.8) is 0 Å². The number of sulfonamides is 1. The van der Waals surface area contributed by atoms with E-state index in [0.29, 0.717) is 6.54 Å². The first kappa shape index (κ1) is 23.7. The Bertz CT molecular complexity index is 1340. The summed E-state index contributed by atoms with van der Waals surface area (Å²) < 4.78 is 26.2. The van der Waals surface area contributed by atoms with Crippen molar-refractivity contribution in [3.8, 4) is 0 Å². The zero-order valence-corrected chi connectivity index (χ0v) is 20.9. The smallest absolute Gasteiger partial charge is 0.242 e. The SMILES string of the molecule is CN(C)S(=O)(=O)c1ccc2nc(CN3CCN(C(c4ccccc4)c4ccccc4)CC3)[nH]c2c1. The summed E-state index contributed by atoms with van der Waals surface area (Å²) in [6, 6.07) is 26.7. The molecule has 5 rings (SSSR count). The lowest BCUT2D eigenvalue weighted by Gasteiger charge is -2.39. The van der Waals surface area contributed by atoms with Crippen LogP contribution < -0.4 is 0 Å². The molecular weight excluding hydrogens is 458 g/mol. The molecule has 1 aliphatic rings. The number of nitrogens with one attached hydrogen (secondary N) is 1. The van der Waals surface area contributed by atoms with E-state index in [1.807, 2.05) is 0 Å². The van der Waals surface area contributed by atoms with Crippen LogP contribution in [0.1, 0.15) is 23.0 Å². The van der Waals surface area contributed by atoms with E-state index in [2.05, 4.69) is 75.4 Å². The van der Waals surface area contributed by atoms with Gasteiger partial charge in [-0.25, -0.2) is 17.7 Å². The summed E-state index contributed by atoms with van der Waals surface area (Å²) in [5, 5.41) is 0. The minimum Gasteiger partial charge on any atom is -0.341 e. The van der Waals surface area contributed by atoms with Crippen LogP contribution in [0, 0.1) is 0 Å². The highest BCUT2D eigenvalue weighted by Crippen LogP contribution is 2.29. The summed E-state index contributed by atoms with van der Waals surface area (Å²) in [7, 11) is -0.398. The average Bonchev–Trinajstić information content (AvgIpc) is 3.28. The number of hydrogen-bond donors (Lipinski definition) is 1. The Balaban J connectivity index is 1.29. The van der Waals surface area contributed by atoms with Gasteiger partial charge in [-0.15, -0.1) is 0 Å². The maximum atomic E-state index is 12.5. The molecule has 0 aliphatic carbocycles. The molecule has 182 valence electrons. The molecule has 0 amide bonds. The highest BCUT2D eigenvalue weighted by Gasteiger charge is 2.27. The average molecular weight is 490 g/mol. The largest absolute Gasteiger partial charge is 0.341 e. The molecular formula is C27H31N5O2S. The quantitative estimate of drug-likeness (QED) is 0.428. The molecule has 1 fully saturated rings. The van der Waals surface area contributed by atoms with Gasteiger partial charge in [-0.3, -0.25) is 9.80 Å². The number of fused-ring (bicyclic) bond motifs is 1. The Morgan fingerprint density at radius 3 is 2.06 bits per heavy atom. The first-order valence-corrected chi connectivity index (χ1v) is 13.3. The number of benzene rings is 3. The van der Waals surface area contributed by atoms with E-state index >= 15 is 0 Å². The van der Waals surface area contributed by atoms with Crippen molar-refractivity contribution in [2.24, 2.45) is 0 Å². The second-order valence-electron chi connectivity index (χ2n) is 9.19. The molecule has 1 aliphatic heterocycles. The number of imidazole rings is 1. The van der Waals surface area contributed by atoms with Crippen molar-refractivity contribution in [1.82, 2.24) is 24.1 Å².